The molecule has 4 aromatic rings. The van der Waals surface area contributed by atoms with E-state index in [4.69, 9.17) is 5.73 Å². The van der Waals surface area contributed by atoms with E-state index in [-0.39, 0.29) is 11.5 Å². The number of aryl methyl sites for hydroxylation is 2. The zero-order valence-corrected chi connectivity index (χ0v) is 24.9. The average molecular weight is 586 g/mol. The molecule has 8 nitrogen and oxygen atoms in total. The van der Waals surface area contributed by atoms with E-state index in [0.717, 1.165) is 70.1 Å². The Labute approximate surface area is 255 Å². The first-order valence-electron chi connectivity index (χ1n) is 14.3. The third-order valence-corrected chi connectivity index (χ3v) is 9.35. The number of nitrogens with two attached hydrogens (primary N) is 1. The van der Waals surface area contributed by atoms with Crippen molar-refractivity contribution in [2.75, 3.05) is 10.3 Å². The van der Waals surface area contributed by atoms with Gasteiger partial charge in [-0.2, -0.15) is 15.6 Å². The molecule has 2 aromatic heterocycles. The van der Waals surface area contributed by atoms with Crippen LogP contribution in [0.5, 0.6) is 0 Å². The second-order valence-corrected chi connectivity index (χ2v) is 11.9. The van der Waals surface area contributed by atoms with Crippen molar-refractivity contribution in [1.82, 2.24) is 4.57 Å². The fraction of sp³-hybridized carbons (Fsp3) is 0.235. The Balaban J connectivity index is 1.42. The van der Waals surface area contributed by atoms with Crippen LogP contribution < -0.4 is 16.1 Å². The minimum atomic E-state index is -0.771. The molecule has 0 unspecified atom stereocenters. The number of anilines is 2. The first kappa shape index (κ1) is 28.2. The maximum Gasteiger partial charge on any atom is 0.258 e. The Hall–Kier alpha value is -4.96. The van der Waals surface area contributed by atoms with Gasteiger partial charge in [-0.05, 0) is 87.1 Å². The molecular weight excluding hydrogens is 554 g/mol. The van der Waals surface area contributed by atoms with E-state index in [9.17, 15) is 15.3 Å². The van der Waals surface area contributed by atoms with Gasteiger partial charge in [0.05, 0.1) is 28.6 Å². The number of nitrogens with one attached hydrogen (secondary N) is 1. The number of allylic oxidation sites excluding steroid dienone is 1. The van der Waals surface area contributed by atoms with Gasteiger partial charge in [0.15, 0.2) is 0 Å². The number of hydrogen-bond donors (Lipinski definition) is 2. The number of para-hydroxylation sites is 2. The summed E-state index contributed by atoms with van der Waals surface area (Å²) in [7, 11) is 0. The molecule has 2 aliphatic rings. The van der Waals surface area contributed by atoms with E-state index in [1.165, 1.54) is 4.88 Å². The Morgan fingerprint density at radius 2 is 1.77 bits per heavy atom. The molecule has 214 valence electrons. The van der Waals surface area contributed by atoms with Gasteiger partial charge in [-0.1, -0.05) is 36.4 Å². The smallest absolute Gasteiger partial charge is 0.258 e. The summed E-state index contributed by atoms with van der Waals surface area (Å²) in [5.74, 6) is -0.887. The molecule has 0 spiro atoms. The van der Waals surface area contributed by atoms with Crippen LogP contribution in [0.15, 0.2) is 77.4 Å². The second-order valence-electron chi connectivity index (χ2n) is 10.8. The predicted molar refractivity (Wildman–Crippen MR) is 171 cm³/mol. The van der Waals surface area contributed by atoms with Gasteiger partial charge < -0.3 is 15.6 Å². The van der Waals surface area contributed by atoms with E-state index in [1.54, 1.807) is 22.4 Å². The molecule has 2 aromatic carbocycles. The highest BCUT2D eigenvalue weighted by atomic mass is 32.1. The van der Waals surface area contributed by atoms with E-state index in [1.807, 2.05) is 80.6 Å². The lowest BCUT2D eigenvalue weighted by atomic mass is 9.95. The van der Waals surface area contributed by atoms with Crippen molar-refractivity contribution in [3.8, 4) is 17.1 Å². The van der Waals surface area contributed by atoms with Gasteiger partial charge in [-0.15, -0.1) is 11.3 Å². The highest BCUT2D eigenvalue weighted by Gasteiger charge is 2.38. The SMILES string of the molecule is Cc1cc(/C=C(/C#N)C2=NN(c3ccccc3)[C@@H](N)[C@@H]2C#N)c(C)n1-c1sc2c(c1C(=O)Nc1ccccc1)CCCC2. The molecule has 0 saturated carbocycles. The lowest BCUT2D eigenvalue weighted by Gasteiger charge is -2.21. The number of amides is 1. The highest BCUT2D eigenvalue weighted by Crippen LogP contribution is 2.39. The average Bonchev–Trinajstić information content (AvgIpc) is 3.66. The maximum atomic E-state index is 13.8. The summed E-state index contributed by atoms with van der Waals surface area (Å²) in [6.07, 6.45) is 5.07. The lowest BCUT2D eigenvalue weighted by Crippen LogP contribution is -2.40. The van der Waals surface area contributed by atoms with Gasteiger partial charge in [0.2, 0.25) is 0 Å². The topological polar surface area (TPSA) is 123 Å². The summed E-state index contributed by atoms with van der Waals surface area (Å²) >= 11 is 1.67. The van der Waals surface area contributed by atoms with Crippen LogP contribution in [0.1, 0.15) is 50.6 Å². The van der Waals surface area contributed by atoms with Crippen molar-refractivity contribution in [2.24, 2.45) is 16.8 Å². The summed E-state index contributed by atoms with van der Waals surface area (Å²) in [5.41, 5.74) is 13.1. The molecule has 1 aliphatic heterocycles. The van der Waals surface area contributed by atoms with Crippen molar-refractivity contribution in [1.29, 1.82) is 10.5 Å². The first-order chi connectivity index (χ1) is 20.9. The predicted octanol–water partition coefficient (Wildman–Crippen LogP) is 6.49. The van der Waals surface area contributed by atoms with Gasteiger partial charge in [0, 0.05) is 22.0 Å². The highest BCUT2D eigenvalue weighted by molar-refractivity contribution is 7.15. The molecule has 1 amide bonds. The Morgan fingerprint density at radius 3 is 2.47 bits per heavy atom. The molecule has 9 heteroatoms. The van der Waals surface area contributed by atoms with Crippen LogP contribution in [-0.2, 0) is 12.8 Å². The van der Waals surface area contributed by atoms with Crippen molar-refractivity contribution < 1.29 is 4.79 Å². The Bertz CT molecular complexity index is 1840. The van der Waals surface area contributed by atoms with Gasteiger partial charge in [-0.3, -0.25) is 4.79 Å². The van der Waals surface area contributed by atoms with Crippen LogP contribution in [0.3, 0.4) is 0 Å². The van der Waals surface area contributed by atoms with Gasteiger partial charge in [0.25, 0.3) is 5.91 Å². The molecule has 1 aliphatic carbocycles. The number of benzene rings is 2. The van der Waals surface area contributed by atoms with Crippen molar-refractivity contribution in [3.63, 3.8) is 0 Å². The second kappa shape index (κ2) is 11.7. The fourth-order valence-electron chi connectivity index (χ4n) is 5.94. The molecule has 0 bridgehead atoms. The summed E-state index contributed by atoms with van der Waals surface area (Å²) in [4.78, 5) is 15.0. The molecular formula is C34H31N7OS. The number of hydrazone groups is 1. The maximum absolute atomic E-state index is 13.8. The monoisotopic (exact) mass is 585 g/mol. The number of carbonyl (C=O) groups is 1. The lowest BCUT2D eigenvalue weighted by molar-refractivity contribution is 0.102. The standard InChI is InChI=1S/C34H31N7OS/c1-21-17-23(18-24(19-35)31-28(20-36)32(37)41(39-31)26-13-7-4-8-14-26)22(2)40(21)34-30(27-15-9-10-16-29(27)43-34)33(42)38-25-11-5-3-6-12-25/h3-8,11-14,17-18,28,32H,9-10,15-16,37H2,1-2H3,(H,38,42)/b24-18-/t28-,32-/m1/s1. The quantitative estimate of drug-likeness (QED) is 0.250. The van der Waals surface area contributed by atoms with Gasteiger partial charge >= 0.3 is 0 Å². The summed E-state index contributed by atoms with van der Waals surface area (Å²) in [5, 5.41) is 30.5. The third kappa shape index (κ3) is 5.14. The van der Waals surface area contributed by atoms with Crippen LogP contribution in [0.25, 0.3) is 11.1 Å². The number of aromatic nitrogens is 1. The minimum Gasteiger partial charge on any atom is -0.322 e. The molecule has 0 radical (unpaired) electrons. The van der Waals surface area contributed by atoms with E-state index in [0.29, 0.717) is 5.71 Å². The molecule has 2 atom stereocenters. The number of carbonyl (C=O) groups excluding carboxylic acids is 1. The van der Waals surface area contributed by atoms with E-state index >= 15 is 0 Å². The minimum absolute atomic E-state index is 0.116. The number of thiophene rings is 1. The molecule has 43 heavy (non-hydrogen) atoms. The van der Waals surface area contributed by atoms with Crippen molar-refractivity contribution in [2.45, 2.75) is 45.7 Å². The van der Waals surface area contributed by atoms with Crippen LogP contribution >= 0.6 is 11.3 Å². The normalized spacial score (nSPS) is 18.0. The molecule has 0 fully saturated rings. The zero-order valence-electron chi connectivity index (χ0n) is 24.0. The van der Waals surface area contributed by atoms with Crippen LogP contribution in [0.4, 0.5) is 11.4 Å². The molecule has 3 heterocycles. The Morgan fingerprint density at radius 1 is 1.07 bits per heavy atom. The zero-order chi connectivity index (χ0) is 30.1. The fourth-order valence-corrected chi connectivity index (χ4v) is 7.44. The summed E-state index contributed by atoms with van der Waals surface area (Å²) in [6.45, 7) is 4.00. The molecule has 6 rings (SSSR count). The molecule has 3 N–H and O–H groups in total. The van der Waals surface area contributed by atoms with Crippen LogP contribution in [0.2, 0.25) is 0 Å². The summed E-state index contributed by atoms with van der Waals surface area (Å²) < 4.78 is 2.12. The molecule has 0 saturated heterocycles. The van der Waals surface area contributed by atoms with Gasteiger partial charge in [-0.25, -0.2) is 5.01 Å². The van der Waals surface area contributed by atoms with Crippen molar-refractivity contribution in [3.05, 3.63) is 105 Å². The largest absolute Gasteiger partial charge is 0.322 e. The number of rotatable bonds is 6. The number of nitrogens with zero attached hydrogens (tertiary/aromatic N) is 5. The van der Waals surface area contributed by atoms with Crippen LogP contribution in [-0.4, -0.2) is 22.4 Å². The number of nitriles is 2. The summed E-state index contributed by atoms with van der Waals surface area (Å²) in [6, 6.07) is 25.4. The first-order valence-corrected chi connectivity index (χ1v) is 15.1. The van der Waals surface area contributed by atoms with E-state index in [2.05, 4.69) is 27.1 Å². The van der Waals surface area contributed by atoms with Crippen LogP contribution in [0, 0.1) is 42.4 Å². The third-order valence-electron chi connectivity index (χ3n) is 8.07. The van der Waals surface area contributed by atoms with Gasteiger partial charge in [0.1, 0.15) is 23.2 Å². The van der Waals surface area contributed by atoms with Crippen molar-refractivity contribution >= 4 is 40.4 Å². The number of fused-ring (bicyclic) bond motifs is 1. The number of hydrogen-bond acceptors (Lipinski definition) is 7. The van der Waals surface area contributed by atoms with E-state index < -0.39 is 12.1 Å². The Kier molecular flexibility index (Phi) is 7.69.